The Kier molecular flexibility index (Phi) is 5.05. The van der Waals surface area contributed by atoms with Crippen LogP contribution >= 0.6 is 0 Å². The summed E-state index contributed by atoms with van der Waals surface area (Å²) in [5.74, 6) is 1.43. The van der Waals surface area contributed by atoms with Crippen molar-refractivity contribution in [2.45, 2.75) is 32.7 Å². The fourth-order valence-corrected chi connectivity index (χ4v) is 3.41. The first-order valence-corrected chi connectivity index (χ1v) is 8.80. The second-order valence-corrected chi connectivity index (χ2v) is 7.43. The van der Waals surface area contributed by atoms with E-state index in [0.717, 1.165) is 23.1 Å². The molecule has 0 spiro atoms. The highest BCUT2D eigenvalue weighted by atomic mass is 16.5. The van der Waals surface area contributed by atoms with Crippen molar-refractivity contribution in [1.29, 1.82) is 0 Å². The van der Waals surface area contributed by atoms with Crippen LogP contribution in [-0.4, -0.2) is 17.1 Å². The van der Waals surface area contributed by atoms with Crippen LogP contribution in [0.25, 0.3) is 21.9 Å². The average Bonchev–Trinajstić information content (AvgIpc) is 2.59. The van der Waals surface area contributed by atoms with Crippen molar-refractivity contribution < 1.29 is 4.74 Å². The fraction of sp³-hybridized carbons (Fsp3) is 0.318. The Hall–Kier alpha value is -2.39. The minimum atomic E-state index is -0.334. The van der Waals surface area contributed by atoms with E-state index in [1.54, 1.807) is 0 Å². The zero-order valence-corrected chi connectivity index (χ0v) is 15.2. The van der Waals surface area contributed by atoms with Gasteiger partial charge in [0, 0.05) is 23.3 Å². The normalized spacial score (nSPS) is 13.8. The van der Waals surface area contributed by atoms with E-state index >= 15 is 0 Å². The van der Waals surface area contributed by atoms with Crippen molar-refractivity contribution in [1.82, 2.24) is 4.98 Å². The molecule has 130 valence electrons. The molecule has 2 aromatic carbocycles. The number of nitrogens with two attached hydrogens (primary N) is 1. The summed E-state index contributed by atoms with van der Waals surface area (Å²) in [6.45, 7) is 6.93. The van der Waals surface area contributed by atoms with Crippen LogP contribution in [-0.2, 0) is 0 Å². The number of benzene rings is 2. The van der Waals surface area contributed by atoms with Gasteiger partial charge in [0.15, 0.2) is 0 Å². The summed E-state index contributed by atoms with van der Waals surface area (Å²) in [7, 11) is 0. The molecule has 3 rings (SSSR count). The molecule has 0 fully saturated rings. The van der Waals surface area contributed by atoms with E-state index in [-0.39, 0.29) is 5.54 Å². The van der Waals surface area contributed by atoms with E-state index in [1.165, 1.54) is 10.9 Å². The second-order valence-electron chi connectivity index (χ2n) is 7.43. The lowest BCUT2D eigenvalue weighted by Crippen LogP contribution is -2.43. The minimum Gasteiger partial charge on any atom is -0.491 e. The predicted octanol–water partition coefficient (Wildman–Crippen LogP) is 5.04. The smallest absolute Gasteiger partial charge is 0.127 e. The molecule has 0 amide bonds. The van der Waals surface area contributed by atoms with Gasteiger partial charge in [-0.05, 0) is 54.0 Å². The lowest BCUT2D eigenvalue weighted by atomic mass is 9.92. The molecule has 1 aromatic heterocycles. The van der Waals surface area contributed by atoms with Gasteiger partial charge in [-0.3, -0.25) is 4.98 Å². The Labute approximate surface area is 149 Å². The number of fused-ring (bicyclic) bond motifs is 1. The highest BCUT2D eigenvalue weighted by molar-refractivity contribution is 6.00. The number of hydrogen-bond acceptors (Lipinski definition) is 3. The van der Waals surface area contributed by atoms with E-state index in [1.807, 2.05) is 36.7 Å². The third-order valence-electron chi connectivity index (χ3n) is 4.31. The molecule has 0 saturated heterocycles. The number of nitrogens with zero attached hydrogens (tertiary/aromatic N) is 1. The van der Waals surface area contributed by atoms with Gasteiger partial charge in [-0.15, -0.1) is 0 Å². The number of ether oxygens (including phenoxy) is 1. The summed E-state index contributed by atoms with van der Waals surface area (Å²) in [5.41, 5.74) is 8.40. The molecular formula is C22H26N2O. The van der Waals surface area contributed by atoms with Crippen LogP contribution in [0.1, 0.15) is 27.2 Å². The predicted molar refractivity (Wildman–Crippen MR) is 105 cm³/mol. The highest BCUT2D eigenvalue weighted by Gasteiger charge is 2.21. The van der Waals surface area contributed by atoms with Crippen LogP contribution in [0.4, 0.5) is 0 Å². The second kappa shape index (κ2) is 7.24. The Morgan fingerprint density at radius 2 is 1.68 bits per heavy atom. The van der Waals surface area contributed by atoms with E-state index in [9.17, 15) is 0 Å². The maximum Gasteiger partial charge on any atom is 0.127 e. The molecule has 1 atom stereocenters. The van der Waals surface area contributed by atoms with Gasteiger partial charge in [0.1, 0.15) is 12.4 Å². The molecule has 2 N–H and O–H groups in total. The van der Waals surface area contributed by atoms with Crippen molar-refractivity contribution in [3.05, 3.63) is 60.9 Å². The number of pyridine rings is 1. The lowest BCUT2D eigenvalue weighted by molar-refractivity contribution is 0.208. The van der Waals surface area contributed by atoms with Crippen molar-refractivity contribution in [2.75, 3.05) is 6.61 Å². The number of hydrogen-bond donors (Lipinski definition) is 1. The van der Waals surface area contributed by atoms with Crippen molar-refractivity contribution in [3.8, 4) is 16.9 Å². The van der Waals surface area contributed by atoms with Gasteiger partial charge in [0.05, 0.1) is 0 Å². The van der Waals surface area contributed by atoms with E-state index in [4.69, 9.17) is 10.5 Å². The summed E-state index contributed by atoms with van der Waals surface area (Å²) in [4.78, 5) is 4.11. The summed E-state index contributed by atoms with van der Waals surface area (Å²) in [6, 6.07) is 16.6. The third kappa shape index (κ3) is 4.18. The van der Waals surface area contributed by atoms with E-state index < -0.39 is 0 Å². The van der Waals surface area contributed by atoms with Gasteiger partial charge in [0.2, 0.25) is 0 Å². The summed E-state index contributed by atoms with van der Waals surface area (Å²) in [6.07, 6.45) is 4.57. The monoisotopic (exact) mass is 334 g/mol. The molecule has 0 bridgehead atoms. The van der Waals surface area contributed by atoms with Crippen molar-refractivity contribution >= 4 is 10.8 Å². The van der Waals surface area contributed by atoms with Gasteiger partial charge in [0.25, 0.3) is 0 Å². The van der Waals surface area contributed by atoms with E-state index in [0.29, 0.717) is 12.5 Å². The number of aromatic nitrogens is 1. The van der Waals surface area contributed by atoms with Crippen LogP contribution in [0.15, 0.2) is 60.9 Å². The Morgan fingerprint density at radius 3 is 2.36 bits per heavy atom. The zero-order valence-electron chi connectivity index (χ0n) is 15.2. The number of rotatable bonds is 6. The zero-order chi connectivity index (χ0) is 17.9. The molecule has 0 saturated carbocycles. The SMILES string of the molecule is CC(C)CC(C)(N)COc1ccc(-c2ccncc2)c2ccccc12. The largest absolute Gasteiger partial charge is 0.491 e. The molecule has 25 heavy (non-hydrogen) atoms. The highest BCUT2D eigenvalue weighted by Crippen LogP contribution is 2.34. The fourth-order valence-electron chi connectivity index (χ4n) is 3.41. The van der Waals surface area contributed by atoms with Gasteiger partial charge < -0.3 is 10.5 Å². The summed E-state index contributed by atoms with van der Waals surface area (Å²) in [5, 5.41) is 2.28. The lowest BCUT2D eigenvalue weighted by Gasteiger charge is -2.27. The molecular weight excluding hydrogens is 308 g/mol. The summed E-state index contributed by atoms with van der Waals surface area (Å²) < 4.78 is 6.14. The molecule has 0 radical (unpaired) electrons. The maximum absolute atomic E-state index is 6.40. The van der Waals surface area contributed by atoms with Gasteiger partial charge in [-0.1, -0.05) is 44.2 Å². The van der Waals surface area contributed by atoms with Crippen molar-refractivity contribution in [3.63, 3.8) is 0 Å². The Morgan fingerprint density at radius 1 is 1.00 bits per heavy atom. The van der Waals surface area contributed by atoms with Crippen LogP contribution < -0.4 is 10.5 Å². The standard InChI is InChI=1S/C22H26N2O/c1-16(2)14-22(3,23)15-25-21-9-8-18(17-10-12-24-13-11-17)19-6-4-5-7-20(19)21/h4-13,16H,14-15,23H2,1-3H3. The molecule has 0 aliphatic carbocycles. The van der Waals surface area contributed by atoms with Gasteiger partial charge in [-0.2, -0.15) is 0 Å². The summed E-state index contributed by atoms with van der Waals surface area (Å²) >= 11 is 0. The minimum absolute atomic E-state index is 0.334. The molecule has 3 nitrogen and oxygen atoms in total. The van der Waals surface area contributed by atoms with Crippen LogP contribution in [0, 0.1) is 5.92 Å². The van der Waals surface area contributed by atoms with Gasteiger partial charge in [-0.25, -0.2) is 0 Å². The first-order chi connectivity index (χ1) is 12.0. The molecule has 0 aliphatic rings. The maximum atomic E-state index is 6.40. The Bertz CT molecular complexity index is 841. The molecule has 3 aromatic rings. The first-order valence-electron chi connectivity index (χ1n) is 8.80. The van der Waals surface area contributed by atoms with Crippen LogP contribution in [0.2, 0.25) is 0 Å². The van der Waals surface area contributed by atoms with Gasteiger partial charge >= 0.3 is 0 Å². The first kappa shape index (κ1) is 17.4. The van der Waals surface area contributed by atoms with Crippen molar-refractivity contribution in [2.24, 2.45) is 11.7 Å². The third-order valence-corrected chi connectivity index (χ3v) is 4.31. The quantitative estimate of drug-likeness (QED) is 0.686. The van der Waals surface area contributed by atoms with E-state index in [2.05, 4.69) is 50.0 Å². The molecule has 1 heterocycles. The molecule has 3 heteroatoms. The van der Waals surface area contributed by atoms with Crippen LogP contribution in [0.5, 0.6) is 5.75 Å². The Balaban J connectivity index is 1.94. The van der Waals surface area contributed by atoms with Crippen LogP contribution in [0.3, 0.4) is 0 Å². The molecule has 0 aliphatic heterocycles. The average molecular weight is 334 g/mol. The topological polar surface area (TPSA) is 48.1 Å². The molecule has 1 unspecified atom stereocenters.